The minimum absolute atomic E-state index is 0.0413. The Labute approximate surface area is 200 Å². The standard InChI is InChI=1S/C24H25FN4O2S2/c1-2-10-29-20-9-8-18(25)15-21(20)33-24(29)26-22(30)16-32-17-23(31)28-13-11-27(12-14-28)19-6-4-3-5-7-19/h2-9,15H,1,10-14,16-17H2. The van der Waals surface area contributed by atoms with Crippen molar-refractivity contribution in [2.24, 2.45) is 4.99 Å². The molecule has 0 radical (unpaired) electrons. The fraction of sp³-hybridized carbons (Fsp3) is 0.292. The van der Waals surface area contributed by atoms with Crippen LogP contribution in [0.3, 0.4) is 0 Å². The Morgan fingerprint density at radius 3 is 2.58 bits per heavy atom. The molecular formula is C24H25FN4O2S2. The number of piperazine rings is 1. The van der Waals surface area contributed by atoms with Crippen LogP contribution in [0, 0.1) is 5.82 Å². The van der Waals surface area contributed by atoms with E-state index in [1.54, 1.807) is 12.1 Å². The van der Waals surface area contributed by atoms with Gasteiger partial charge in [-0.3, -0.25) is 9.59 Å². The molecule has 9 heteroatoms. The number of thiazole rings is 1. The number of rotatable bonds is 7. The molecule has 0 unspecified atom stereocenters. The van der Waals surface area contributed by atoms with Crippen LogP contribution in [-0.2, 0) is 16.1 Å². The highest BCUT2D eigenvalue weighted by atomic mass is 32.2. The molecule has 33 heavy (non-hydrogen) atoms. The predicted molar refractivity (Wildman–Crippen MR) is 133 cm³/mol. The fourth-order valence-electron chi connectivity index (χ4n) is 3.75. The first-order chi connectivity index (χ1) is 16.0. The van der Waals surface area contributed by atoms with Crippen LogP contribution in [0.1, 0.15) is 0 Å². The number of anilines is 1. The summed E-state index contributed by atoms with van der Waals surface area (Å²) >= 11 is 2.54. The highest BCUT2D eigenvalue weighted by molar-refractivity contribution is 8.00. The van der Waals surface area contributed by atoms with E-state index in [1.165, 1.54) is 40.9 Å². The van der Waals surface area contributed by atoms with Crippen LogP contribution in [0.2, 0.25) is 0 Å². The Kier molecular flexibility index (Phi) is 7.61. The topological polar surface area (TPSA) is 57.9 Å². The van der Waals surface area contributed by atoms with E-state index in [2.05, 4.69) is 28.6 Å². The first-order valence-corrected chi connectivity index (χ1v) is 12.6. The second-order valence-electron chi connectivity index (χ2n) is 7.60. The number of allylic oxidation sites excluding steroid dienone is 1. The minimum Gasteiger partial charge on any atom is -0.368 e. The van der Waals surface area contributed by atoms with Gasteiger partial charge in [0.25, 0.3) is 5.91 Å². The molecule has 2 amide bonds. The number of aromatic nitrogens is 1. The van der Waals surface area contributed by atoms with Gasteiger partial charge in [-0.2, -0.15) is 4.99 Å². The number of thioether (sulfide) groups is 1. The molecule has 6 nitrogen and oxygen atoms in total. The van der Waals surface area contributed by atoms with Gasteiger partial charge >= 0.3 is 0 Å². The SMILES string of the molecule is C=CCn1c(=NC(=O)CSCC(=O)N2CCN(c3ccccc3)CC2)sc2cc(F)ccc21. The third-order valence-electron chi connectivity index (χ3n) is 5.38. The van der Waals surface area contributed by atoms with Crippen LogP contribution < -0.4 is 9.70 Å². The largest absolute Gasteiger partial charge is 0.368 e. The second kappa shape index (κ2) is 10.8. The summed E-state index contributed by atoms with van der Waals surface area (Å²) in [6, 6.07) is 14.7. The van der Waals surface area contributed by atoms with Gasteiger partial charge in [-0.25, -0.2) is 4.39 Å². The number of fused-ring (bicyclic) bond motifs is 1. The third kappa shape index (κ3) is 5.72. The van der Waals surface area contributed by atoms with Gasteiger partial charge in [-0.05, 0) is 30.3 Å². The lowest BCUT2D eigenvalue weighted by Crippen LogP contribution is -2.49. The minimum atomic E-state index is -0.328. The molecule has 2 aromatic carbocycles. The highest BCUT2D eigenvalue weighted by Crippen LogP contribution is 2.19. The quantitative estimate of drug-likeness (QED) is 0.482. The van der Waals surface area contributed by atoms with E-state index < -0.39 is 0 Å². The molecule has 1 aromatic heterocycles. The average Bonchev–Trinajstić information content (AvgIpc) is 3.15. The van der Waals surface area contributed by atoms with Crippen LogP contribution in [-0.4, -0.2) is 59.0 Å². The van der Waals surface area contributed by atoms with Gasteiger partial charge in [0.2, 0.25) is 5.91 Å². The Morgan fingerprint density at radius 2 is 1.85 bits per heavy atom. The summed E-state index contributed by atoms with van der Waals surface area (Å²) in [4.78, 5) is 33.9. The number of amides is 2. The van der Waals surface area contributed by atoms with Crippen molar-refractivity contribution >= 4 is 50.8 Å². The summed E-state index contributed by atoms with van der Waals surface area (Å²) < 4.78 is 16.1. The lowest BCUT2D eigenvalue weighted by molar-refractivity contribution is -0.128. The number of hydrogen-bond donors (Lipinski definition) is 0. The Balaban J connectivity index is 1.31. The molecule has 4 rings (SSSR count). The van der Waals surface area contributed by atoms with Crippen LogP contribution in [0.15, 0.2) is 66.2 Å². The summed E-state index contributed by atoms with van der Waals surface area (Å²) in [5, 5.41) is 0. The van der Waals surface area contributed by atoms with Crippen molar-refractivity contribution in [3.05, 3.63) is 71.8 Å². The summed E-state index contributed by atoms with van der Waals surface area (Å²) in [6.45, 7) is 7.16. The average molecular weight is 485 g/mol. The summed E-state index contributed by atoms with van der Waals surface area (Å²) in [7, 11) is 0. The molecule has 0 spiro atoms. The van der Waals surface area contributed by atoms with E-state index >= 15 is 0 Å². The maximum atomic E-state index is 13.6. The molecule has 0 N–H and O–H groups in total. The molecule has 172 valence electrons. The van der Waals surface area contributed by atoms with Crippen molar-refractivity contribution in [2.45, 2.75) is 6.54 Å². The lowest BCUT2D eigenvalue weighted by Gasteiger charge is -2.36. The van der Waals surface area contributed by atoms with Gasteiger partial charge in [-0.1, -0.05) is 35.6 Å². The van der Waals surface area contributed by atoms with E-state index in [0.29, 0.717) is 24.4 Å². The van der Waals surface area contributed by atoms with Gasteiger partial charge < -0.3 is 14.4 Å². The smallest absolute Gasteiger partial charge is 0.258 e. The van der Waals surface area contributed by atoms with Crippen molar-refractivity contribution in [3.8, 4) is 0 Å². The van der Waals surface area contributed by atoms with Gasteiger partial charge in [-0.15, -0.1) is 18.3 Å². The van der Waals surface area contributed by atoms with Gasteiger partial charge in [0.1, 0.15) is 5.82 Å². The van der Waals surface area contributed by atoms with Gasteiger partial charge in [0.05, 0.1) is 21.7 Å². The monoisotopic (exact) mass is 484 g/mol. The summed E-state index contributed by atoms with van der Waals surface area (Å²) in [5.74, 6) is -0.235. The zero-order valence-electron chi connectivity index (χ0n) is 18.2. The number of halogens is 1. The first-order valence-electron chi connectivity index (χ1n) is 10.7. The fourth-order valence-corrected chi connectivity index (χ4v) is 5.53. The normalized spacial score (nSPS) is 14.6. The number of nitrogens with zero attached hydrogens (tertiary/aromatic N) is 4. The van der Waals surface area contributed by atoms with Crippen molar-refractivity contribution in [1.29, 1.82) is 0 Å². The van der Waals surface area contributed by atoms with E-state index in [1.807, 2.05) is 27.7 Å². The molecule has 0 atom stereocenters. The maximum absolute atomic E-state index is 13.6. The molecule has 0 saturated carbocycles. The number of carbonyl (C=O) groups is 2. The van der Waals surface area contributed by atoms with Crippen molar-refractivity contribution in [2.75, 3.05) is 42.6 Å². The zero-order chi connectivity index (χ0) is 23.2. The summed E-state index contributed by atoms with van der Waals surface area (Å²) in [5.41, 5.74) is 1.98. The highest BCUT2D eigenvalue weighted by Gasteiger charge is 2.21. The number of benzene rings is 2. The van der Waals surface area contributed by atoms with Crippen LogP contribution in [0.25, 0.3) is 10.2 Å². The maximum Gasteiger partial charge on any atom is 0.258 e. The Hall–Kier alpha value is -2.91. The number of carbonyl (C=O) groups excluding carboxylic acids is 2. The lowest BCUT2D eigenvalue weighted by atomic mass is 10.2. The Bertz CT molecular complexity index is 1210. The van der Waals surface area contributed by atoms with E-state index in [4.69, 9.17) is 0 Å². The molecule has 2 heterocycles. The predicted octanol–water partition coefficient (Wildman–Crippen LogP) is 3.54. The molecule has 1 aliphatic heterocycles. The molecule has 3 aromatic rings. The Morgan fingerprint density at radius 1 is 1.09 bits per heavy atom. The summed E-state index contributed by atoms with van der Waals surface area (Å²) in [6.07, 6.45) is 1.71. The third-order valence-corrected chi connectivity index (χ3v) is 7.32. The molecule has 1 saturated heterocycles. The molecule has 0 bridgehead atoms. The molecule has 1 aliphatic rings. The van der Waals surface area contributed by atoms with Crippen LogP contribution in [0.5, 0.6) is 0 Å². The van der Waals surface area contributed by atoms with Crippen LogP contribution >= 0.6 is 23.1 Å². The first kappa shape index (κ1) is 23.3. The molecule has 1 fully saturated rings. The molecular weight excluding hydrogens is 459 g/mol. The van der Waals surface area contributed by atoms with Crippen molar-refractivity contribution < 1.29 is 14.0 Å². The van der Waals surface area contributed by atoms with Crippen molar-refractivity contribution in [3.63, 3.8) is 0 Å². The van der Waals surface area contributed by atoms with E-state index in [9.17, 15) is 14.0 Å². The molecule has 0 aliphatic carbocycles. The number of para-hydroxylation sites is 1. The number of hydrogen-bond acceptors (Lipinski definition) is 5. The van der Waals surface area contributed by atoms with Crippen molar-refractivity contribution in [1.82, 2.24) is 9.47 Å². The second-order valence-corrected chi connectivity index (χ2v) is 9.59. The van der Waals surface area contributed by atoms with Crippen LogP contribution in [0.4, 0.5) is 10.1 Å². The van der Waals surface area contributed by atoms with Gasteiger partial charge in [0.15, 0.2) is 4.80 Å². The van der Waals surface area contributed by atoms with Gasteiger partial charge in [0, 0.05) is 38.4 Å². The zero-order valence-corrected chi connectivity index (χ0v) is 19.8. The van der Waals surface area contributed by atoms with E-state index in [-0.39, 0.29) is 29.1 Å². The van der Waals surface area contributed by atoms with E-state index in [0.717, 1.165) is 23.3 Å².